The van der Waals surface area contributed by atoms with Crippen LogP contribution in [-0.2, 0) is 11.3 Å². The van der Waals surface area contributed by atoms with E-state index in [-0.39, 0.29) is 11.2 Å². The number of fused-ring (bicyclic) bond motifs is 1. The standard InChI is InChI=1S/C23H21N3O2S/c1-16-22(27)26(15-17-10-12-20(28-2)13-11-17)23(29-16)25-24-14-19-8-5-7-18-6-3-4-9-21(18)19/h3-14,16H,15H2,1-2H3/b24-14-,25-23+/t16-/m0/s1. The van der Waals surface area contributed by atoms with E-state index in [9.17, 15) is 4.79 Å². The number of benzene rings is 3. The van der Waals surface area contributed by atoms with Crippen LogP contribution in [0.3, 0.4) is 0 Å². The van der Waals surface area contributed by atoms with Crippen LogP contribution in [0.1, 0.15) is 18.1 Å². The van der Waals surface area contributed by atoms with Crippen LogP contribution in [0.2, 0.25) is 0 Å². The third-order valence-corrected chi connectivity index (χ3v) is 5.86. The second kappa shape index (κ2) is 8.49. The maximum atomic E-state index is 12.6. The van der Waals surface area contributed by atoms with Gasteiger partial charge in [0.25, 0.3) is 0 Å². The topological polar surface area (TPSA) is 54.3 Å². The van der Waals surface area contributed by atoms with Gasteiger partial charge in [0.2, 0.25) is 5.91 Å². The summed E-state index contributed by atoms with van der Waals surface area (Å²) in [4.78, 5) is 14.3. The second-order valence-corrected chi connectivity index (χ2v) is 8.04. The second-order valence-electron chi connectivity index (χ2n) is 6.73. The lowest BCUT2D eigenvalue weighted by atomic mass is 10.1. The van der Waals surface area contributed by atoms with Gasteiger partial charge in [-0.25, -0.2) is 0 Å². The minimum atomic E-state index is -0.167. The van der Waals surface area contributed by atoms with Crippen molar-refractivity contribution in [3.8, 4) is 5.75 Å². The number of amides is 1. The molecule has 6 heteroatoms. The van der Waals surface area contributed by atoms with E-state index in [0.29, 0.717) is 11.7 Å². The Labute approximate surface area is 174 Å². The molecule has 1 atom stereocenters. The molecule has 5 nitrogen and oxygen atoms in total. The molecule has 4 rings (SSSR count). The van der Waals surface area contributed by atoms with Gasteiger partial charge in [-0.2, -0.15) is 5.10 Å². The Bertz CT molecular complexity index is 1090. The van der Waals surface area contributed by atoms with Gasteiger partial charge in [0.05, 0.1) is 25.1 Å². The molecular formula is C23H21N3O2S. The van der Waals surface area contributed by atoms with Crippen molar-refractivity contribution in [3.05, 3.63) is 77.9 Å². The van der Waals surface area contributed by atoms with Crippen molar-refractivity contribution in [3.63, 3.8) is 0 Å². The van der Waals surface area contributed by atoms with Crippen LogP contribution in [0.15, 0.2) is 76.9 Å². The molecule has 1 amide bonds. The Morgan fingerprint density at radius 1 is 1.07 bits per heavy atom. The average Bonchev–Trinajstić information content (AvgIpc) is 3.02. The van der Waals surface area contributed by atoms with Crippen LogP contribution >= 0.6 is 11.8 Å². The maximum absolute atomic E-state index is 12.6. The predicted molar refractivity (Wildman–Crippen MR) is 120 cm³/mol. The van der Waals surface area contributed by atoms with E-state index in [1.807, 2.05) is 55.5 Å². The van der Waals surface area contributed by atoms with Crippen LogP contribution < -0.4 is 4.74 Å². The Morgan fingerprint density at radius 2 is 1.83 bits per heavy atom. The summed E-state index contributed by atoms with van der Waals surface area (Å²) in [6, 6.07) is 21.9. The molecule has 0 N–H and O–H groups in total. The number of carbonyl (C=O) groups excluding carboxylic acids is 1. The average molecular weight is 404 g/mol. The zero-order valence-electron chi connectivity index (χ0n) is 16.3. The van der Waals surface area contributed by atoms with E-state index in [1.54, 1.807) is 18.2 Å². The Balaban J connectivity index is 1.57. The van der Waals surface area contributed by atoms with Gasteiger partial charge in [0, 0.05) is 5.56 Å². The highest BCUT2D eigenvalue weighted by Crippen LogP contribution is 2.29. The number of nitrogens with zero attached hydrogens (tertiary/aromatic N) is 3. The highest BCUT2D eigenvalue weighted by atomic mass is 32.2. The molecular weight excluding hydrogens is 382 g/mol. The van der Waals surface area contributed by atoms with Crippen molar-refractivity contribution in [1.82, 2.24) is 4.90 Å². The molecule has 0 spiro atoms. The van der Waals surface area contributed by atoms with Crippen LogP contribution in [0, 0.1) is 0 Å². The van der Waals surface area contributed by atoms with E-state index in [1.165, 1.54) is 11.8 Å². The third kappa shape index (κ3) is 4.17. The number of hydrogen-bond donors (Lipinski definition) is 0. The zero-order chi connectivity index (χ0) is 20.2. The molecule has 0 bridgehead atoms. The summed E-state index contributed by atoms with van der Waals surface area (Å²) in [5.41, 5.74) is 2.01. The first kappa shape index (κ1) is 19.2. The van der Waals surface area contributed by atoms with Crippen LogP contribution in [0.25, 0.3) is 10.8 Å². The van der Waals surface area contributed by atoms with Gasteiger partial charge in [-0.15, -0.1) is 5.10 Å². The van der Waals surface area contributed by atoms with Crippen molar-refractivity contribution in [2.75, 3.05) is 7.11 Å². The van der Waals surface area contributed by atoms with E-state index in [4.69, 9.17) is 4.74 Å². The summed E-state index contributed by atoms with van der Waals surface area (Å²) in [5, 5.41) is 11.4. The number of carbonyl (C=O) groups is 1. The molecule has 1 heterocycles. The SMILES string of the molecule is COc1ccc(CN2C(=O)[C@H](C)S/C2=N/N=C\c2cccc3ccccc23)cc1. The lowest BCUT2D eigenvalue weighted by Gasteiger charge is -2.15. The lowest BCUT2D eigenvalue weighted by molar-refractivity contribution is -0.126. The number of thioether (sulfide) groups is 1. The minimum Gasteiger partial charge on any atom is -0.497 e. The molecule has 1 aliphatic rings. The van der Waals surface area contributed by atoms with Crippen molar-refractivity contribution >= 4 is 39.8 Å². The van der Waals surface area contributed by atoms with Gasteiger partial charge >= 0.3 is 0 Å². The van der Waals surface area contributed by atoms with E-state index >= 15 is 0 Å². The van der Waals surface area contributed by atoms with Gasteiger partial charge in [-0.05, 0) is 35.4 Å². The predicted octanol–water partition coefficient (Wildman–Crippen LogP) is 4.70. The van der Waals surface area contributed by atoms with Crippen LogP contribution in [0.5, 0.6) is 5.75 Å². The molecule has 0 aromatic heterocycles. The van der Waals surface area contributed by atoms with E-state index in [0.717, 1.165) is 27.6 Å². The molecule has 0 unspecified atom stereocenters. The van der Waals surface area contributed by atoms with E-state index in [2.05, 4.69) is 28.4 Å². The van der Waals surface area contributed by atoms with Crippen molar-refractivity contribution in [2.24, 2.45) is 10.2 Å². The van der Waals surface area contributed by atoms with Crippen molar-refractivity contribution in [1.29, 1.82) is 0 Å². The van der Waals surface area contributed by atoms with Gasteiger partial charge < -0.3 is 4.74 Å². The molecule has 1 saturated heterocycles. The first-order valence-electron chi connectivity index (χ1n) is 9.35. The summed E-state index contributed by atoms with van der Waals surface area (Å²) in [7, 11) is 1.63. The summed E-state index contributed by atoms with van der Waals surface area (Å²) in [5.74, 6) is 0.836. The smallest absolute Gasteiger partial charge is 0.242 e. The molecule has 146 valence electrons. The Morgan fingerprint density at radius 3 is 2.62 bits per heavy atom. The first-order valence-corrected chi connectivity index (χ1v) is 10.2. The molecule has 0 aliphatic carbocycles. The third-order valence-electron chi connectivity index (χ3n) is 4.79. The maximum Gasteiger partial charge on any atom is 0.242 e. The van der Waals surface area contributed by atoms with Gasteiger partial charge in [0.15, 0.2) is 5.17 Å². The Kier molecular flexibility index (Phi) is 5.62. The normalized spacial score (nSPS) is 18.3. The number of ether oxygens (including phenoxy) is 1. The van der Waals surface area contributed by atoms with Gasteiger partial charge in [-0.3, -0.25) is 9.69 Å². The molecule has 1 fully saturated rings. The monoisotopic (exact) mass is 403 g/mol. The fourth-order valence-corrected chi connectivity index (χ4v) is 4.15. The summed E-state index contributed by atoms with van der Waals surface area (Å²) < 4.78 is 5.20. The quantitative estimate of drug-likeness (QED) is 0.458. The largest absolute Gasteiger partial charge is 0.497 e. The minimum absolute atomic E-state index is 0.0462. The van der Waals surface area contributed by atoms with Crippen LogP contribution in [0.4, 0.5) is 0 Å². The zero-order valence-corrected chi connectivity index (χ0v) is 17.1. The summed E-state index contributed by atoms with van der Waals surface area (Å²) >= 11 is 1.44. The lowest BCUT2D eigenvalue weighted by Crippen LogP contribution is -2.30. The molecule has 3 aromatic rings. The number of amidine groups is 1. The van der Waals surface area contributed by atoms with E-state index < -0.39 is 0 Å². The summed E-state index contributed by atoms with van der Waals surface area (Å²) in [6.45, 7) is 2.35. The summed E-state index contributed by atoms with van der Waals surface area (Å²) in [6.07, 6.45) is 1.74. The van der Waals surface area contributed by atoms with Gasteiger partial charge in [0.1, 0.15) is 5.75 Å². The number of rotatable bonds is 5. The number of methoxy groups -OCH3 is 1. The highest BCUT2D eigenvalue weighted by Gasteiger charge is 2.35. The molecule has 29 heavy (non-hydrogen) atoms. The van der Waals surface area contributed by atoms with Crippen LogP contribution in [-0.4, -0.2) is 34.5 Å². The molecule has 3 aromatic carbocycles. The molecule has 0 saturated carbocycles. The number of hydrogen-bond acceptors (Lipinski definition) is 5. The molecule has 0 radical (unpaired) electrons. The fraction of sp³-hybridized carbons (Fsp3) is 0.174. The first-order chi connectivity index (χ1) is 14.2. The highest BCUT2D eigenvalue weighted by molar-refractivity contribution is 8.15. The Hall–Kier alpha value is -3.12. The fourth-order valence-electron chi connectivity index (χ4n) is 3.23. The van der Waals surface area contributed by atoms with Crippen molar-refractivity contribution in [2.45, 2.75) is 18.7 Å². The van der Waals surface area contributed by atoms with Gasteiger partial charge in [-0.1, -0.05) is 66.4 Å². The van der Waals surface area contributed by atoms with Crippen molar-refractivity contribution < 1.29 is 9.53 Å². The molecule has 1 aliphatic heterocycles.